The van der Waals surface area contributed by atoms with Gasteiger partial charge in [-0.25, -0.2) is 4.98 Å². The monoisotopic (exact) mass is 598 g/mol. The second-order valence-electron chi connectivity index (χ2n) is 10.6. The lowest BCUT2D eigenvalue weighted by molar-refractivity contribution is -0.137. The smallest absolute Gasteiger partial charge is 0.368 e. The van der Waals surface area contributed by atoms with Crippen molar-refractivity contribution in [3.63, 3.8) is 0 Å². The van der Waals surface area contributed by atoms with Gasteiger partial charge in [-0.15, -0.1) is 0 Å². The minimum atomic E-state index is -4.42. The molecule has 1 fully saturated rings. The molecule has 1 aliphatic rings. The Hall–Kier alpha value is -5.19. The van der Waals surface area contributed by atoms with Crippen LogP contribution in [0.5, 0.6) is 0 Å². The molecule has 0 saturated carbocycles. The Morgan fingerprint density at radius 3 is 2.11 bits per heavy atom. The minimum absolute atomic E-state index is 0.0695. The van der Waals surface area contributed by atoms with E-state index in [1.807, 2.05) is 25.1 Å². The molecule has 1 saturated heterocycles. The second kappa shape index (κ2) is 11.8. The molecular formula is C33H29F3N6O2. The lowest BCUT2D eigenvalue weighted by Crippen LogP contribution is -2.47. The molecule has 1 aliphatic heterocycles. The number of nitrogens with zero attached hydrogens (tertiary/aromatic N) is 5. The first-order chi connectivity index (χ1) is 21.2. The molecule has 1 N–H and O–H groups in total. The number of carbonyl (C=O) groups is 1. The van der Waals surface area contributed by atoms with Gasteiger partial charge in [-0.3, -0.25) is 14.2 Å². The molecule has 2 aromatic heterocycles. The van der Waals surface area contributed by atoms with Crippen LogP contribution in [0.25, 0.3) is 16.7 Å². The number of rotatable bonds is 6. The lowest BCUT2D eigenvalue weighted by Gasteiger charge is -2.36. The zero-order valence-electron chi connectivity index (χ0n) is 23.9. The SMILES string of the molecule is Cc1nc(N2CCN(c3ccccc3)CC2)nc2c1ccc(=O)n2-c1ccc(C(=O)NCc2ccc(C(F)(F)F)cc2)cc1. The summed E-state index contributed by atoms with van der Waals surface area (Å²) in [5.41, 5.74) is 2.81. The first-order valence-electron chi connectivity index (χ1n) is 14.2. The van der Waals surface area contributed by atoms with E-state index >= 15 is 0 Å². The number of anilines is 2. The van der Waals surface area contributed by atoms with Crippen LogP contribution in [0.2, 0.25) is 0 Å². The Labute approximate surface area is 251 Å². The van der Waals surface area contributed by atoms with Crippen molar-refractivity contribution >= 4 is 28.6 Å². The number of aromatic nitrogens is 3. The van der Waals surface area contributed by atoms with Gasteiger partial charge < -0.3 is 15.1 Å². The number of nitrogens with one attached hydrogen (secondary N) is 1. The maximum Gasteiger partial charge on any atom is 0.416 e. The first kappa shape index (κ1) is 28.9. The fourth-order valence-corrected chi connectivity index (χ4v) is 5.30. The van der Waals surface area contributed by atoms with Gasteiger partial charge in [0.1, 0.15) is 0 Å². The van der Waals surface area contributed by atoms with Gasteiger partial charge in [-0.2, -0.15) is 18.2 Å². The summed E-state index contributed by atoms with van der Waals surface area (Å²) in [6.07, 6.45) is -4.42. The standard InChI is InChI=1S/C33H29F3N6O2/c1-22-28-15-16-29(43)42(30(28)39-32(38-22)41-19-17-40(18-20-41)26-5-3-2-4-6-26)27-13-9-24(10-14-27)31(44)37-21-23-7-11-25(12-8-23)33(34,35)36/h2-16H,17-21H2,1H3,(H,37,44). The van der Waals surface area contributed by atoms with Crippen molar-refractivity contribution in [1.82, 2.24) is 19.9 Å². The van der Waals surface area contributed by atoms with E-state index in [-0.39, 0.29) is 12.1 Å². The third-order valence-electron chi connectivity index (χ3n) is 7.73. The maximum atomic E-state index is 13.1. The van der Waals surface area contributed by atoms with E-state index in [0.717, 1.165) is 49.4 Å². The predicted octanol–water partition coefficient (Wildman–Crippen LogP) is 5.36. The highest BCUT2D eigenvalue weighted by Crippen LogP contribution is 2.29. The van der Waals surface area contributed by atoms with Crippen LogP contribution in [-0.4, -0.2) is 46.6 Å². The summed E-state index contributed by atoms with van der Waals surface area (Å²) in [6.45, 7) is 5.05. The molecular weight excluding hydrogens is 569 g/mol. The normalized spacial score (nSPS) is 13.7. The number of pyridine rings is 1. The molecule has 0 spiro atoms. The number of alkyl halides is 3. The van der Waals surface area contributed by atoms with Crippen molar-refractivity contribution in [3.8, 4) is 5.69 Å². The van der Waals surface area contributed by atoms with E-state index in [1.165, 1.54) is 28.5 Å². The number of hydrogen-bond donors (Lipinski definition) is 1. The van der Waals surface area contributed by atoms with E-state index in [4.69, 9.17) is 9.97 Å². The van der Waals surface area contributed by atoms with Crippen LogP contribution in [0.3, 0.4) is 0 Å². The predicted molar refractivity (Wildman–Crippen MR) is 163 cm³/mol. The molecule has 44 heavy (non-hydrogen) atoms. The summed E-state index contributed by atoms with van der Waals surface area (Å²) >= 11 is 0. The molecule has 11 heteroatoms. The topological polar surface area (TPSA) is 83.4 Å². The van der Waals surface area contributed by atoms with Gasteiger partial charge in [-0.1, -0.05) is 30.3 Å². The Kier molecular flexibility index (Phi) is 7.77. The van der Waals surface area contributed by atoms with Crippen LogP contribution < -0.4 is 20.7 Å². The second-order valence-corrected chi connectivity index (χ2v) is 10.6. The van der Waals surface area contributed by atoms with Crippen LogP contribution in [0.15, 0.2) is 95.8 Å². The van der Waals surface area contributed by atoms with Gasteiger partial charge in [0.25, 0.3) is 11.5 Å². The number of piperazine rings is 1. The number of hydrogen-bond acceptors (Lipinski definition) is 6. The van der Waals surface area contributed by atoms with Crippen molar-refractivity contribution in [1.29, 1.82) is 0 Å². The Balaban J connectivity index is 1.20. The van der Waals surface area contributed by atoms with Gasteiger partial charge in [0.05, 0.1) is 16.9 Å². The van der Waals surface area contributed by atoms with E-state index < -0.39 is 17.6 Å². The number of carbonyl (C=O) groups excluding carboxylic acids is 1. The molecule has 5 aromatic rings. The summed E-state index contributed by atoms with van der Waals surface area (Å²) in [4.78, 5) is 39.9. The molecule has 224 valence electrons. The van der Waals surface area contributed by atoms with Crippen LogP contribution in [0.1, 0.15) is 27.2 Å². The maximum absolute atomic E-state index is 13.1. The van der Waals surface area contributed by atoms with E-state index in [0.29, 0.717) is 28.4 Å². The summed E-state index contributed by atoms with van der Waals surface area (Å²) in [5.74, 6) is 0.165. The van der Waals surface area contributed by atoms with E-state index in [9.17, 15) is 22.8 Å². The Bertz CT molecular complexity index is 1850. The molecule has 0 aliphatic carbocycles. The number of halogens is 3. The van der Waals surface area contributed by atoms with E-state index in [2.05, 4.69) is 27.2 Å². The molecule has 6 rings (SSSR count). The average molecular weight is 599 g/mol. The summed E-state index contributed by atoms with van der Waals surface area (Å²) in [6, 6.07) is 24.6. The molecule has 3 heterocycles. The highest BCUT2D eigenvalue weighted by atomic mass is 19.4. The van der Waals surface area contributed by atoms with Gasteiger partial charge in [0.15, 0.2) is 5.65 Å². The summed E-state index contributed by atoms with van der Waals surface area (Å²) in [5, 5.41) is 3.47. The molecule has 3 aromatic carbocycles. The van der Waals surface area contributed by atoms with Crippen LogP contribution in [0.4, 0.5) is 24.8 Å². The highest BCUT2D eigenvalue weighted by molar-refractivity contribution is 5.94. The largest absolute Gasteiger partial charge is 0.416 e. The van der Waals surface area contributed by atoms with Crippen molar-refractivity contribution in [3.05, 3.63) is 124 Å². The number of benzene rings is 3. The van der Waals surface area contributed by atoms with Gasteiger partial charge in [0, 0.05) is 55.4 Å². The van der Waals surface area contributed by atoms with Gasteiger partial charge in [-0.05, 0) is 67.1 Å². The summed E-state index contributed by atoms with van der Waals surface area (Å²) < 4.78 is 39.9. The molecule has 1 amide bonds. The van der Waals surface area contributed by atoms with Crippen LogP contribution in [-0.2, 0) is 12.7 Å². The van der Waals surface area contributed by atoms with Crippen molar-refractivity contribution in [2.75, 3.05) is 36.0 Å². The quantitative estimate of drug-likeness (QED) is 0.283. The van der Waals surface area contributed by atoms with Crippen molar-refractivity contribution in [2.24, 2.45) is 0 Å². The zero-order chi connectivity index (χ0) is 30.8. The van der Waals surface area contributed by atoms with Gasteiger partial charge >= 0.3 is 6.18 Å². The lowest BCUT2D eigenvalue weighted by atomic mass is 10.1. The Morgan fingerprint density at radius 2 is 1.45 bits per heavy atom. The van der Waals surface area contributed by atoms with E-state index in [1.54, 1.807) is 30.3 Å². The van der Waals surface area contributed by atoms with Crippen molar-refractivity contribution < 1.29 is 18.0 Å². The van der Waals surface area contributed by atoms with Crippen LogP contribution in [0, 0.1) is 6.92 Å². The molecule has 8 nitrogen and oxygen atoms in total. The Morgan fingerprint density at radius 1 is 0.795 bits per heavy atom. The van der Waals surface area contributed by atoms with Crippen molar-refractivity contribution in [2.45, 2.75) is 19.6 Å². The molecule has 0 bridgehead atoms. The summed E-state index contributed by atoms with van der Waals surface area (Å²) in [7, 11) is 0. The fraction of sp³-hybridized carbons (Fsp3) is 0.212. The first-order valence-corrected chi connectivity index (χ1v) is 14.2. The molecule has 0 unspecified atom stereocenters. The highest BCUT2D eigenvalue weighted by Gasteiger charge is 2.30. The minimum Gasteiger partial charge on any atom is -0.368 e. The number of aryl methyl sites for hydroxylation is 1. The fourth-order valence-electron chi connectivity index (χ4n) is 5.30. The van der Waals surface area contributed by atoms with Crippen LogP contribution >= 0.6 is 0 Å². The molecule has 0 radical (unpaired) electrons. The third-order valence-corrected chi connectivity index (χ3v) is 7.73. The van der Waals surface area contributed by atoms with Gasteiger partial charge in [0.2, 0.25) is 5.95 Å². The number of para-hydroxylation sites is 1. The average Bonchev–Trinajstić information content (AvgIpc) is 3.04. The molecule has 0 atom stereocenters. The zero-order valence-corrected chi connectivity index (χ0v) is 23.9. The third kappa shape index (κ3) is 5.98. The number of fused-ring (bicyclic) bond motifs is 1. The number of amides is 1.